The Labute approximate surface area is 135 Å². The Kier molecular flexibility index (Phi) is 5.73. The first-order valence-corrected chi connectivity index (χ1v) is 7.87. The molecule has 1 amide bonds. The molecule has 6 heteroatoms. The quantitative estimate of drug-likeness (QED) is 0.922. The van der Waals surface area contributed by atoms with Crippen LogP contribution in [-0.2, 0) is 4.79 Å². The molecule has 1 fully saturated rings. The van der Waals surface area contributed by atoms with Gasteiger partial charge in [-0.15, -0.1) is 0 Å². The number of ether oxygens (including phenoxy) is 1. The van der Waals surface area contributed by atoms with Crippen LogP contribution in [0, 0.1) is 0 Å². The molecule has 2 unspecified atom stereocenters. The summed E-state index contributed by atoms with van der Waals surface area (Å²) in [6.45, 7) is 2.67. The number of halogens is 2. The largest absolute Gasteiger partial charge is 0.484 e. The summed E-state index contributed by atoms with van der Waals surface area (Å²) in [4.78, 5) is 14.2. The fourth-order valence-electron chi connectivity index (χ4n) is 2.61. The maximum absolute atomic E-state index is 12.3. The van der Waals surface area contributed by atoms with E-state index in [1.807, 2.05) is 11.8 Å². The number of amides is 1. The zero-order chi connectivity index (χ0) is 15.4. The number of hydrogen-bond donors (Lipinski definition) is 1. The zero-order valence-corrected chi connectivity index (χ0v) is 13.5. The molecule has 1 aromatic carbocycles. The lowest BCUT2D eigenvalue weighted by Crippen LogP contribution is -2.52. The van der Waals surface area contributed by atoms with Crippen molar-refractivity contribution < 1.29 is 9.53 Å². The minimum absolute atomic E-state index is 0.0127. The van der Waals surface area contributed by atoms with E-state index in [0.29, 0.717) is 15.8 Å². The minimum Gasteiger partial charge on any atom is -0.484 e. The van der Waals surface area contributed by atoms with Gasteiger partial charge in [0.15, 0.2) is 6.61 Å². The molecule has 0 bridgehead atoms. The van der Waals surface area contributed by atoms with Crippen molar-refractivity contribution in [3.63, 3.8) is 0 Å². The average Bonchev–Trinajstić information content (AvgIpc) is 2.48. The smallest absolute Gasteiger partial charge is 0.260 e. The second kappa shape index (κ2) is 7.34. The molecule has 1 aliphatic rings. The van der Waals surface area contributed by atoms with E-state index in [4.69, 9.17) is 33.7 Å². The molecule has 0 aromatic heterocycles. The fourth-order valence-corrected chi connectivity index (χ4v) is 2.90. The van der Waals surface area contributed by atoms with E-state index < -0.39 is 0 Å². The number of benzene rings is 1. The van der Waals surface area contributed by atoms with Gasteiger partial charge in [0.05, 0.1) is 10.0 Å². The lowest BCUT2D eigenvalue weighted by molar-refractivity contribution is -0.137. The Hall–Kier alpha value is -0.970. The monoisotopic (exact) mass is 330 g/mol. The highest BCUT2D eigenvalue weighted by Gasteiger charge is 2.29. The van der Waals surface area contributed by atoms with E-state index in [1.165, 1.54) is 0 Å². The van der Waals surface area contributed by atoms with Gasteiger partial charge in [0, 0.05) is 24.7 Å². The molecule has 4 nitrogen and oxygen atoms in total. The zero-order valence-electron chi connectivity index (χ0n) is 12.0. The van der Waals surface area contributed by atoms with Gasteiger partial charge in [0.1, 0.15) is 5.75 Å². The Bertz CT molecular complexity index is 508. The molecule has 1 aromatic rings. The van der Waals surface area contributed by atoms with E-state index in [0.717, 1.165) is 25.8 Å². The lowest BCUT2D eigenvalue weighted by Gasteiger charge is -2.38. The van der Waals surface area contributed by atoms with Gasteiger partial charge in [0.25, 0.3) is 5.91 Å². The van der Waals surface area contributed by atoms with Crippen LogP contribution in [0.4, 0.5) is 0 Å². The number of carbonyl (C=O) groups excluding carboxylic acids is 1. The third kappa shape index (κ3) is 4.25. The average molecular weight is 331 g/mol. The molecule has 2 rings (SSSR count). The highest BCUT2D eigenvalue weighted by Crippen LogP contribution is 2.26. The van der Waals surface area contributed by atoms with Gasteiger partial charge < -0.3 is 15.4 Å². The molecular weight excluding hydrogens is 311 g/mol. The van der Waals surface area contributed by atoms with Gasteiger partial charge in [-0.1, -0.05) is 23.2 Å². The number of carbonyl (C=O) groups is 1. The van der Waals surface area contributed by atoms with Crippen molar-refractivity contribution in [2.75, 3.05) is 13.2 Å². The Morgan fingerprint density at radius 3 is 2.86 bits per heavy atom. The number of likely N-dealkylation sites (tertiary alicyclic amines) is 1. The molecule has 0 aliphatic carbocycles. The topological polar surface area (TPSA) is 55.6 Å². The van der Waals surface area contributed by atoms with E-state index in [-0.39, 0.29) is 24.6 Å². The number of nitrogens with zero attached hydrogens (tertiary/aromatic N) is 1. The SMILES string of the molecule is CC(N)C1CCCCN1C(=O)COc1ccc(Cl)c(Cl)c1. The van der Waals surface area contributed by atoms with Gasteiger partial charge in [-0.25, -0.2) is 0 Å². The van der Waals surface area contributed by atoms with Crippen LogP contribution < -0.4 is 10.5 Å². The standard InChI is InChI=1S/C15H20Cl2N2O2/c1-10(18)14-4-2-3-7-19(14)15(20)9-21-11-5-6-12(16)13(17)8-11/h5-6,8,10,14H,2-4,7,9,18H2,1H3. The predicted molar refractivity (Wildman–Crippen MR) is 85.0 cm³/mol. The summed E-state index contributed by atoms with van der Waals surface area (Å²) in [6, 6.07) is 5.02. The maximum Gasteiger partial charge on any atom is 0.260 e. The van der Waals surface area contributed by atoms with Crippen molar-refractivity contribution in [2.45, 2.75) is 38.3 Å². The van der Waals surface area contributed by atoms with Crippen molar-refractivity contribution in [3.05, 3.63) is 28.2 Å². The van der Waals surface area contributed by atoms with Crippen LogP contribution in [0.25, 0.3) is 0 Å². The van der Waals surface area contributed by atoms with Crippen LogP contribution in [0.15, 0.2) is 18.2 Å². The third-order valence-electron chi connectivity index (χ3n) is 3.73. The van der Waals surface area contributed by atoms with E-state index in [1.54, 1.807) is 18.2 Å². The Morgan fingerprint density at radius 1 is 1.43 bits per heavy atom. The van der Waals surface area contributed by atoms with Crippen LogP contribution in [0.1, 0.15) is 26.2 Å². The molecule has 21 heavy (non-hydrogen) atoms. The minimum atomic E-state index is -0.0388. The van der Waals surface area contributed by atoms with Crippen LogP contribution in [0.5, 0.6) is 5.75 Å². The second-order valence-corrected chi connectivity index (χ2v) is 6.19. The number of hydrogen-bond acceptors (Lipinski definition) is 3. The number of rotatable bonds is 4. The highest BCUT2D eigenvalue weighted by atomic mass is 35.5. The molecule has 0 radical (unpaired) electrons. The Morgan fingerprint density at radius 2 is 2.19 bits per heavy atom. The van der Waals surface area contributed by atoms with E-state index >= 15 is 0 Å². The van der Waals surface area contributed by atoms with Crippen LogP contribution in [0.2, 0.25) is 10.0 Å². The molecule has 2 N–H and O–H groups in total. The predicted octanol–water partition coefficient (Wildman–Crippen LogP) is 3.10. The third-order valence-corrected chi connectivity index (χ3v) is 4.47. The van der Waals surface area contributed by atoms with Crippen LogP contribution in [-0.4, -0.2) is 36.0 Å². The lowest BCUT2D eigenvalue weighted by atomic mass is 9.97. The first kappa shape index (κ1) is 16.4. The van der Waals surface area contributed by atoms with Crippen molar-refractivity contribution in [1.82, 2.24) is 4.90 Å². The molecular formula is C15H20Cl2N2O2. The van der Waals surface area contributed by atoms with Crippen molar-refractivity contribution in [1.29, 1.82) is 0 Å². The van der Waals surface area contributed by atoms with E-state index in [2.05, 4.69) is 0 Å². The van der Waals surface area contributed by atoms with Crippen LogP contribution >= 0.6 is 23.2 Å². The van der Waals surface area contributed by atoms with Crippen molar-refractivity contribution in [3.8, 4) is 5.75 Å². The van der Waals surface area contributed by atoms with E-state index in [9.17, 15) is 4.79 Å². The normalized spacial score (nSPS) is 20.2. The summed E-state index contributed by atoms with van der Waals surface area (Å²) in [5.74, 6) is 0.496. The molecule has 1 saturated heterocycles. The number of piperidine rings is 1. The summed E-state index contributed by atoms with van der Waals surface area (Å²) in [7, 11) is 0. The first-order valence-electron chi connectivity index (χ1n) is 7.12. The van der Waals surface area contributed by atoms with Gasteiger partial charge >= 0.3 is 0 Å². The van der Waals surface area contributed by atoms with Gasteiger partial charge in [0.2, 0.25) is 0 Å². The first-order chi connectivity index (χ1) is 9.99. The molecule has 0 spiro atoms. The van der Waals surface area contributed by atoms with Crippen LogP contribution in [0.3, 0.4) is 0 Å². The summed E-state index contributed by atoms with van der Waals surface area (Å²) >= 11 is 11.8. The molecule has 0 saturated carbocycles. The van der Waals surface area contributed by atoms with Gasteiger partial charge in [-0.2, -0.15) is 0 Å². The molecule has 1 aliphatic heterocycles. The van der Waals surface area contributed by atoms with Gasteiger partial charge in [-0.3, -0.25) is 4.79 Å². The fraction of sp³-hybridized carbons (Fsp3) is 0.533. The van der Waals surface area contributed by atoms with Crippen molar-refractivity contribution in [2.24, 2.45) is 5.73 Å². The second-order valence-electron chi connectivity index (χ2n) is 5.37. The molecule has 1 heterocycles. The Balaban J connectivity index is 1.95. The van der Waals surface area contributed by atoms with Gasteiger partial charge in [-0.05, 0) is 38.3 Å². The number of nitrogens with two attached hydrogens (primary N) is 1. The molecule has 116 valence electrons. The van der Waals surface area contributed by atoms with Crippen molar-refractivity contribution >= 4 is 29.1 Å². The molecule has 2 atom stereocenters. The summed E-state index contributed by atoms with van der Waals surface area (Å²) < 4.78 is 5.51. The maximum atomic E-state index is 12.3. The highest BCUT2D eigenvalue weighted by molar-refractivity contribution is 6.42. The summed E-state index contributed by atoms with van der Waals surface area (Å²) in [5.41, 5.74) is 5.97. The summed E-state index contributed by atoms with van der Waals surface area (Å²) in [6.07, 6.45) is 3.08. The summed E-state index contributed by atoms with van der Waals surface area (Å²) in [5, 5.41) is 0.872.